The fourth-order valence-electron chi connectivity index (χ4n) is 2.63. The van der Waals surface area contributed by atoms with Crippen molar-refractivity contribution in [1.29, 1.82) is 0 Å². The Bertz CT molecular complexity index is 405. The zero-order valence-corrected chi connectivity index (χ0v) is 12.0. The summed E-state index contributed by atoms with van der Waals surface area (Å²) in [5, 5.41) is 3.08. The van der Waals surface area contributed by atoms with E-state index in [2.05, 4.69) is 5.32 Å². The van der Waals surface area contributed by atoms with E-state index in [0.29, 0.717) is 19.4 Å². The van der Waals surface area contributed by atoms with E-state index in [1.165, 1.54) is 11.3 Å². The molecule has 19 heavy (non-hydrogen) atoms. The molecule has 0 radical (unpaired) electrons. The molecule has 6 heteroatoms. The first-order valence-corrected chi connectivity index (χ1v) is 7.70. The van der Waals surface area contributed by atoms with Gasteiger partial charge in [0.2, 0.25) is 0 Å². The van der Waals surface area contributed by atoms with Crippen LogP contribution in [0.4, 0.5) is 13.2 Å². The topological polar surface area (TPSA) is 12.0 Å². The van der Waals surface area contributed by atoms with Crippen LogP contribution in [0.15, 0.2) is 12.1 Å². The van der Waals surface area contributed by atoms with E-state index in [4.69, 9.17) is 11.6 Å². The number of thiophene rings is 1. The lowest BCUT2D eigenvalue weighted by Gasteiger charge is -2.33. The highest BCUT2D eigenvalue weighted by atomic mass is 35.5. The maximum Gasteiger partial charge on any atom is 0.393 e. The summed E-state index contributed by atoms with van der Waals surface area (Å²) in [5.74, 6) is -1.19. The van der Waals surface area contributed by atoms with E-state index in [-0.39, 0.29) is 6.42 Å². The third-order valence-corrected chi connectivity index (χ3v) is 4.88. The molecule has 0 spiro atoms. The van der Waals surface area contributed by atoms with Gasteiger partial charge in [0, 0.05) is 17.5 Å². The molecule has 108 valence electrons. The van der Waals surface area contributed by atoms with Crippen LogP contribution in [0.1, 0.15) is 30.6 Å². The van der Waals surface area contributed by atoms with Gasteiger partial charge in [-0.2, -0.15) is 13.2 Å². The van der Waals surface area contributed by atoms with Gasteiger partial charge in [-0.05, 0) is 31.4 Å². The second kappa shape index (κ2) is 6.46. The molecule has 1 aliphatic rings. The molecule has 1 heterocycles. The lowest BCUT2D eigenvalue weighted by Crippen LogP contribution is -2.46. The predicted octanol–water partition coefficient (Wildman–Crippen LogP) is 4.65. The van der Waals surface area contributed by atoms with Gasteiger partial charge in [0.25, 0.3) is 0 Å². The van der Waals surface area contributed by atoms with E-state index >= 15 is 0 Å². The lowest BCUT2D eigenvalue weighted by molar-refractivity contribution is -0.188. The first kappa shape index (κ1) is 15.1. The van der Waals surface area contributed by atoms with Crippen molar-refractivity contribution >= 4 is 22.9 Å². The third kappa shape index (κ3) is 4.36. The molecule has 0 amide bonds. The van der Waals surface area contributed by atoms with Gasteiger partial charge in [0.15, 0.2) is 0 Å². The number of rotatable bonds is 4. The molecule has 1 nitrogen and oxygen atoms in total. The second-order valence-corrected chi connectivity index (χ2v) is 6.75. The molecule has 1 aromatic rings. The molecular weight excluding hydrogens is 295 g/mol. The van der Waals surface area contributed by atoms with Crippen LogP contribution in [0, 0.1) is 5.92 Å². The smallest absolute Gasteiger partial charge is 0.313 e. The van der Waals surface area contributed by atoms with Crippen LogP contribution >= 0.6 is 22.9 Å². The molecular formula is C13H17ClF3NS. The summed E-state index contributed by atoms with van der Waals surface area (Å²) in [5.41, 5.74) is 0. The van der Waals surface area contributed by atoms with Crippen molar-refractivity contribution in [2.45, 2.75) is 44.3 Å². The zero-order valence-electron chi connectivity index (χ0n) is 10.5. The molecule has 0 aliphatic heterocycles. The van der Waals surface area contributed by atoms with Crippen molar-refractivity contribution in [3.8, 4) is 0 Å². The summed E-state index contributed by atoms with van der Waals surface area (Å²) in [4.78, 5) is 1.11. The number of hydrogen-bond donors (Lipinski definition) is 1. The lowest BCUT2D eigenvalue weighted by atomic mass is 9.84. The fourth-order valence-corrected chi connectivity index (χ4v) is 3.72. The summed E-state index contributed by atoms with van der Waals surface area (Å²) in [6.45, 7) is 0.577. The summed E-state index contributed by atoms with van der Waals surface area (Å²) < 4.78 is 39.4. The third-order valence-electron chi connectivity index (χ3n) is 3.59. The van der Waals surface area contributed by atoms with Gasteiger partial charge in [-0.1, -0.05) is 24.4 Å². The molecule has 2 atom stereocenters. The van der Waals surface area contributed by atoms with E-state index in [9.17, 15) is 13.2 Å². The molecule has 1 fully saturated rings. The summed E-state index contributed by atoms with van der Waals surface area (Å²) >= 11 is 7.30. The minimum atomic E-state index is -4.08. The number of hydrogen-bond acceptors (Lipinski definition) is 2. The van der Waals surface area contributed by atoms with Gasteiger partial charge in [-0.3, -0.25) is 0 Å². The Morgan fingerprint density at radius 1 is 1.26 bits per heavy atom. The predicted molar refractivity (Wildman–Crippen MR) is 72.8 cm³/mol. The monoisotopic (exact) mass is 311 g/mol. The molecule has 1 N–H and O–H groups in total. The van der Waals surface area contributed by atoms with Crippen LogP contribution in [-0.4, -0.2) is 18.8 Å². The van der Waals surface area contributed by atoms with Crippen LogP contribution in [0.2, 0.25) is 4.34 Å². The first-order valence-electron chi connectivity index (χ1n) is 6.51. The highest BCUT2D eigenvalue weighted by Gasteiger charge is 2.45. The van der Waals surface area contributed by atoms with Gasteiger partial charge in [-0.25, -0.2) is 0 Å². The highest BCUT2D eigenvalue weighted by Crippen LogP contribution is 2.37. The maximum atomic E-state index is 12.9. The van der Waals surface area contributed by atoms with E-state index in [1.807, 2.05) is 12.1 Å². The van der Waals surface area contributed by atoms with E-state index in [1.54, 1.807) is 0 Å². The standard InChI is InChI=1S/C13H17ClF3NS/c14-12-6-5-9(19-12)7-8-18-11-4-2-1-3-10(11)13(15,16)17/h5-6,10-11,18H,1-4,7-8H2. The highest BCUT2D eigenvalue weighted by molar-refractivity contribution is 7.16. The van der Waals surface area contributed by atoms with Crippen LogP contribution in [-0.2, 0) is 6.42 Å². The Hall–Kier alpha value is -0.260. The maximum absolute atomic E-state index is 12.9. The van der Waals surface area contributed by atoms with Crippen molar-refractivity contribution in [2.24, 2.45) is 5.92 Å². The number of halogens is 4. The quantitative estimate of drug-likeness (QED) is 0.853. The Balaban J connectivity index is 1.83. The Kier molecular flexibility index (Phi) is 5.15. The number of nitrogens with one attached hydrogen (secondary N) is 1. The van der Waals surface area contributed by atoms with Gasteiger partial charge in [-0.15, -0.1) is 11.3 Å². The van der Waals surface area contributed by atoms with Crippen LogP contribution < -0.4 is 5.32 Å². The normalized spacial score (nSPS) is 24.6. The minimum absolute atomic E-state index is 0.256. The molecule has 2 unspecified atom stereocenters. The molecule has 1 aliphatic carbocycles. The summed E-state index contributed by atoms with van der Waals surface area (Å²) in [6, 6.07) is 3.32. The molecule has 0 bridgehead atoms. The van der Waals surface area contributed by atoms with Crippen molar-refractivity contribution in [1.82, 2.24) is 5.32 Å². The first-order chi connectivity index (χ1) is 8.97. The zero-order chi connectivity index (χ0) is 13.9. The van der Waals surface area contributed by atoms with Crippen LogP contribution in [0.25, 0.3) is 0 Å². The Morgan fingerprint density at radius 3 is 2.63 bits per heavy atom. The fraction of sp³-hybridized carbons (Fsp3) is 0.692. The molecule has 0 saturated heterocycles. The van der Waals surface area contributed by atoms with E-state index in [0.717, 1.165) is 22.1 Å². The van der Waals surface area contributed by atoms with Crippen LogP contribution in [0.5, 0.6) is 0 Å². The largest absolute Gasteiger partial charge is 0.393 e. The SMILES string of the molecule is FC(F)(F)C1CCCCC1NCCc1ccc(Cl)s1. The number of alkyl halides is 3. The van der Waals surface area contributed by atoms with E-state index < -0.39 is 18.1 Å². The minimum Gasteiger partial charge on any atom is -0.313 e. The summed E-state index contributed by atoms with van der Waals surface area (Å²) in [7, 11) is 0. The van der Waals surface area contributed by atoms with Crippen molar-refractivity contribution in [2.75, 3.05) is 6.54 Å². The van der Waals surface area contributed by atoms with Gasteiger partial charge in [0.1, 0.15) is 0 Å². The van der Waals surface area contributed by atoms with Crippen LogP contribution in [0.3, 0.4) is 0 Å². The molecule has 0 aromatic carbocycles. The van der Waals surface area contributed by atoms with Gasteiger partial charge < -0.3 is 5.32 Å². The van der Waals surface area contributed by atoms with Gasteiger partial charge >= 0.3 is 6.18 Å². The molecule has 2 rings (SSSR count). The molecule has 1 aromatic heterocycles. The van der Waals surface area contributed by atoms with Crippen molar-refractivity contribution < 1.29 is 13.2 Å². The second-order valence-electron chi connectivity index (χ2n) is 4.95. The van der Waals surface area contributed by atoms with Crippen molar-refractivity contribution in [3.63, 3.8) is 0 Å². The average molecular weight is 312 g/mol. The van der Waals surface area contributed by atoms with Gasteiger partial charge in [0.05, 0.1) is 10.3 Å². The van der Waals surface area contributed by atoms with Crippen molar-refractivity contribution in [3.05, 3.63) is 21.3 Å². The molecule has 1 saturated carbocycles. The average Bonchev–Trinajstić information content (AvgIpc) is 2.74. The Labute approximate surface area is 120 Å². The Morgan fingerprint density at radius 2 is 2.00 bits per heavy atom. The summed E-state index contributed by atoms with van der Waals surface area (Å²) in [6.07, 6.45) is -0.901.